The predicted octanol–water partition coefficient (Wildman–Crippen LogP) is 6.60. The maximum Gasteiger partial charge on any atom is 0.141 e. The number of benzene rings is 3. The molecule has 4 aromatic rings. The van der Waals surface area contributed by atoms with E-state index in [1.54, 1.807) is 0 Å². The lowest BCUT2D eigenvalue weighted by Gasteiger charge is -2.15. The molecule has 0 radical (unpaired) electrons. The van der Waals surface area contributed by atoms with Crippen LogP contribution < -0.4 is 4.74 Å². The molecule has 0 amide bonds. The quantitative estimate of drug-likeness (QED) is 0.335. The van der Waals surface area contributed by atoms with Crippen LogP contribution in [0.4, 0.5) is 0 Å². The standard InChI is InChI=1S/C26H28N2O/c1-19(2)22-15-14-20(3)18-25(22)29-17-9-16-28-24-13-8-7-12-23(24)27-26(28)21-10-5-4-6-11-21/h4-8,10-15,18-19H,9,16-17H2,1-3H3. The van der Waals surface area contributed by atoms with Crippen molar-refractivity contribution >= 4 is 11.0 Å². The van der Waals surface area contributed by atoms with Gasteiger partial charge in [0.15, 0.2) is 0 Å². The maximum absolute atomic E-state index is 6.20. The number of rotatable bonds is 7. The van der Waals surface area contributed by atoms with E-state index in [1.165, 1.54) is 16.6 Å². The van der Waals surface area contributed by atoms with Crippen LogP contribution in [-0.2, 0) is 6.54 Å². The molecule has 148 valence electrons. The molecule has 0 fully saturated rings. The fourth-order valence-electron chi connectivity index (χ4n) is 3.76. The van der Waals surface area contributed by atoms with Gasteiger partial charge in [0.25, 0.3) is 0 Å². The van der Waals surface area contributed by atoms with Gasteiger partial charge < -0.3 is 9.30 Å². The first-order valence-corrected chi connectivity index (χ1v) is 10.4. The molecule has 0 atom stereocenters. The van der Waals surface area contributed by atoms with Gasteiger partial charge in [0.2, 0.25) is 0 Å². The lowest BCUT2D eigenvalue weighted by atomic mass is 10.0. The average Bonchev–Trinajstić information content (AvgIpc) is 3.10. The van der Waals surface area contributed by atoms with Gasteiger partial charge in [-0.25, -0.2) is 4.98 Å². The van der Waals surface area contributed by atoms with Gasteiger partial charge in [-0.3, -0.25) is 0 Å². The normalized spacial score (nSPS) is 11.3. The lowest BCUT2D eigenvalue weighted by molar-refractivity contribution is 0.298. The van der Waals surface area contributed by atoms with E-state index in [1.807, 2.05) is 12.1 Å². The van der Waals surface area contributed by atoms with Crippen molar-refractivity contribution in [1.29, 1.82) is 0 Å². The molecular formula is C26H28N2O. The molecule has 0 aliphatic heterocycles. The number of aromatic nitrogens is 2. The Morgan fingerprint density at radius 3 is 2.48 bits per heavy atom. The number of para-hydroxylation sites is 2. The third kappa shape index (κ3) is 4.19. The minimum atomic E-state index is 0.452. The summed E-state index contributed by atoms with van der Waals surface area (Å²) in [6.07, 6.45) is 0.922. The van der Waals surface area contributed by atoms with Crippen molar-refractivity contribution in [2.24, 2.45) is 0 Å². The van der Waals surface area contributed by atoms with Gasteiger partial charge in [-0.15, -0.1) is 0 Å². The van der Waals surface area contributed by atoms with E-state index in [2.05, 4.69) is 86.0 Å². The van der Waals surface area contributed by atoms with Gasteiger partial charge in [-0.05, 0) is 48.6 Å². The molecule has 0 unspecified atom stereocenters. The van der Waals surface area contributed by atoms with Gasteiger partial charge >= 0.3 is 0 Å². The van der Waals surface area contributed by atoms with Gasteiger partial charge in [-0.1, -0.05) is 68.4 Å². The van der Waals surface area contributed by atoms with E-state index in [0.29, 0.717) is 12.5 Å². The molecule has 0 aliphatic rings. The van der Waals surface area contributed by atoms with Gasteiger partial charge in [0.1, 0.15) is 11.6 Å². The molecule has 3 nitrogen and oxygen atoms in total. The van der Waals surface area contributed by atoms with E-state index >= 15 is 0 Å². The van der Waals surface area contributed by atoms with Crippen LogP contribution in [0.2, 0.25) is 0 Å². The van der Waals surface area contributed by atoms with Gasteiger partial charge in [0, 0.05) is 12.1 Å². The molecule has 3 heteroatoms. The molecular weight excluding hydrogens is 356 g/mol. The third-order valence-corrected chi connectivity index (χ3v) is 5.26. The monoisotopic (exact) mass is 384 g/mol. The molecule has 0 spiro atoms. The van der Waals surface area contributed by atoms with Crippen LogP contribution in [0, 0.1) is 6.92 Å². The zero-order valence-electron chi connectivity index (χ0n) is 17.4. The van der Waals surface area contributed by atoms with E-state index in [-0.39, 0.29) is 0 Å². The predicted molar refractivity (Wildman–Crippen MR) is 121 cm³/mol. The van der Waals surface area contributed by atoms with Crippen molar-refractivity contribution in [2.75, 3.05) is 6.61 Å². The van der Waals surface area contributed by atoms with Crippen LogP contribution >= 0.6 is 0 Å². The summed E-state index contributed by atoms with van der Waals surface area (Å²) in [6.45, 7) is 8.08. The van der Waals surface area contributed by atoms with Gasteiger partial charge in [0.05, 0.1) is 17.6 Å². The number of hydrogen-bond donors (Lipinski definition) is 0. The number of nitrogens with zero attached hydrogens (tertiary/aromatic N) is 2. The molecule has 4 rings (SSSR count). The van der Waals surface area contributed by atoms with Crippen LogP contribution in [-0.4, -0.2) is 16.2 Å². The van der Waals surface area contributed by atoms with E-state index in [9.17, 15) is 0 Å². The van der Waals surface area contributed by atoms with E-state index < -0.39 is 0 Å². The van der Waals surface area contributed by atoms with Crippen LogP contribution in [0.15, 0.2) is 72.8 Å². The van der Waals surface area contributed by atoms with Crippen molar-refractivity contribution < 1.29 is 4.74 Å². The summed E-state index contributed by atoms with van der Waals surface area (Å²) in [4.78, 5) is 4.89. The fourth-order valence-corrected chi connectivity index (χ4v) is 3.76. The highest BCUT2D eigenvalue weighted by molar-refractivity contribution is 5.80. The second-order valence-corrected chi connectivity index (χ2v) is 7.84. The average molecular weight is 385 g/mol. The summed E-state index contributed by atoms with van der Waals surface area (Å²) < 4.78 is 8.51. The minimum absolute atomic E-state index is 0.452. The van der Waals surface area contributed by atoms with Crippen LogP contribution in [0.3, 0.4) is 0 Å². The molecule has 0 aliphatic carbocycles. The lowest BCUT2D eigenvalue weighted by Crippen LogP contribution is -2.07. The molecule has 0 saturated carbocycles. The number of hydrogen-bond acceptors (Lipinski definition) is 2. The first-order valence-electron chi connectivity index (χ1n) is 10.4. The first-order chi connectivity index (χ1) is 14.1. The summed E-state index contributed by atoms with van der Waals surface area (Å²) >= 11 is 0. The SMILES string of the molecule is Cc1ccc(C(C)C)c(OCCCn2c(-c3ccccc3)nc3ccccc32)c1. The topological polar surface area (TPSA) is 27.1 Å². The van der Waals surface area contributed by atoms with E-state index in [4.69, 9.17) is 9.72 Å². The summed E-state index contributed by atoms with van der Waals surface area (Å²) in [7, 11) is 0. The molecule has 0 bridgehead atoms. The Bertz CT molecular complexity index is 1100. The Labute approximate surface area is 173 Å². The van der Waals surface area contributed by atoms with E-state index in [0.717, 1.165) is 35.6 Å². The molecule has 29 heavy (non-hydrogen) atoms. The first kappa shape index (κ1) is 19.3. The Balaban J connectivity index is 1.53. The highest BCUT2D eigenvalue weighted by Gasteiger charge is 2.12. The van der Waals surface area contributed by atoms with Crippen molar-refractivity contribution in [2.45, 2.75) is 39.7 Å². The summed E-state index contributed by atoms with van der Waals surface area (Å²) in [5.41, 5.74) is 5.85. The Hall–Kier alpha value is -3.07. The van der Waals surface area contributed by atoms with Crippen molar-refractivity contribution in [1.82, 2.24) is 9.55 Å². The second-order valence-electron chi connectivity index (χ2n) is 7.84. The molecule has 0 N–H and O–H groups in total. The number of imidazole rings is 1. The number of ether oxygens (including phenoxy) is 1. The van der Waals surface area contributed by atoms with Crippen LogP contribution in [0.1, 0.15) is 37.3 Å². The molecule has 3 aromatic carbocycles. The maximum atomic E-state index is 6.20. The number of fused-ring (bicyclic) bond motifs is 1. The zero-order valence-corrected chi connectivity index (χ0v) is 17.4. The third-order valence-electron chi connectivity index (χ3n) is 5.26. The minimum Gasteiger partial charge on any atom is -0.493 e. The largest absolute Gasteiger partial charge is 0.493 e. The van der Waals surface area contributed by atoms with Crippen LogP contribution in [0.5, 0.6) is 5.75 Å². The smallest absolute Gasteiger partial charge is 0.141 e. The highest BCUT2D eigenvalue weighted by atomic mass is 16.5. The Morgan fingerprint density at radius 1 is 0.931 bits per heavy atom. The van der Waals surface area contributed by atoms with Gasteiger partial charge in [-0.2, -0.15) is 0 Å². The highest BCUT2D eigenvalue weighted by Crippen LogP contribution is 2.28. The van der Waals surface area contributed by atoms with Crippen molar-refractivity contribution in [3.05, 3.63) is 83.9 Å². The Morgan fingerprint density at radius 2 is 1.69 bits per heavy atom. The summed E-state index contributed by atoms with van der Waals surface area (Å²) in [6, 6.07) is 25.3. The number of aryl methyl sites for hydroxylation is 2. The van der Waals surface area contributed by atoms with Crippen LogP contribution in [0.25, 0.3) is 22.4 Å². The molecule has 1 heterocycles. The summed E-state index contributed by atoms with van der Waals surface area (Å²) in [5, 5.41) is 0. The fraction of sp³-hybridized carbons (Fsp3) is 0.269. The molecule has 1 aromatic heterocycles. The molecule has 0 saturated heterocycles. The van der Waals surface area contributed by atoms with Crippen molar-refractivity contribution in [3.63, 3.8) is 0 Å². The summed E-state index contributed by atoms with van der Waals surface area (Å²) in [5.74, 6) is 2.48. The zero-order chi connectivity index (χ0) is 20.2. The Kier molecular flexibility index (Phi) is 5.66. The van der Waals surface area contributed by atoms with Crippen molar-refractivity contribution in [3.8, 4) is 17.1 Å². The second kappa shape index (κ2) is 8.52.